The Kier molecular flexibility index (Phi) is 6.43. The monoisotopic (exact) mass is 494 g/mol. The summed E-state index contributed by atoms with van der Waals surface area (Å²) in [5, 5.41) is 4.22. The zero-order chi connectivity index (χ0) is 24.6. The third kappa shape index (κ3) is 4.81. The van der Waals surface area contributed by atoms with E-state index in [1.165, 1.54) is 16.9 Å². The Morgan fingerprint density at radius 1 is 1.15 bits per heavy atom. The number of hydrogen-bond acceptors (Lipinski definition) is 7. The van der Waals surface area contributed by atoms with Gasteiger partial charge in [0.2, 0.25) is 5.88 Å². The molecule has 12 heteroatoms. The number of nitrogens with zero attached hydrogens (tertiary/aromatic N) is 4. The van der Waals surface area contributed by atoms with Gasteiger partial charge in [-0.1, -0.05) is 0 Å². The molecule has 0 spiro atoms. The first-order valence-corrected chi connectivity index (χ1v) is 12.6. The predicted octanol–water partition coefficient (Wildman–Crippen LogP) is 3.47. The molecule has 1 aromatic carbocycles. The van der Waals surface area contributed by atoms with E-state index >= 15 is 0 Å². The minimum atomic E-state index is -3.93. The van der Waals surface area contributed by atoms with Gasteiger partial charge in [-0.05, 0) is 26.0 Å². The zero-order valence-corrected chi connectivity index (χ0v) is 19.7. The van der Waals surface area contributed by atoms with Crippen molar-refractivity contribution >= 4 is 21.6 Å². The van der Waals surface area contributed by atoms with E-state index in [1.54, 1.807) is 24.8 Å². The highest BCUT2D eigenvalue weighted by molar-refractivity contribution is 7.90. The molecule has 2 aromatic heterocycles. The fourth-order valence-electron chi connectivity index (χ4n) is 3.77. The maximum Gasteiger partial charge on any atom is 0.410 e. The Bertz CT molecular complexity index is 1330. The zero-order valence-electron chi connectivity index (χ0n) is 18.9. The Labute approximate surface area is 195 Å². The lowest BCUT2D eigenvalue weighted by atomic mass is 10.1. The van der Waals surface area contributed by atoms with E-state index in [-0.39, 0.29) is 35.1 Å². The first-order chi connectivity index (χ1) is 16.0. The van der Waals surface area contributed by atoms with Crippen LogP contribution < -0.4 is 4.74 Å². The van der Waals surface area contributed by atoms with Gasteiger partial charge in [-0.3, -0.25) is 0 Å². The van der Waals surface area contributed by atoms with Crippen LogP contribution in [0.4, 0.5) is 13.6 Å². The van der Waals surface area contributed by atoms with Gasteiger partial charge in [-0.25, -0.2) is 27.0 Å². The number of halogens is 2. The summed E-state index contributed by atoms with van der Waals surface area (Å²) in [4.78, 5) is 17.2. The highest BCUT2D eigenvalue weighted by Crippen LogP contribution is 2.31. The quantitative estimate of drug-likeness (QED) is 0.535. The number of hydrogen-bond donors (Lipinski definition) is 0. The summed E-state index contributed by atoms with van der Waals surface area (Å²) < 4.78 is 65.2. The van der Waals surface area contributed by atoms with E-state index in [9.17, 15) is 22.0 Å². The molecule has 3 aromatic rings. The molecule has 1 fully saturated rings. The highest BCUT2D eigenvalue weighted by atomic mass is 32.2. The van der Waals surface area contributed by atoms with Gasteiger partial charge >= 0.3 is 6.09 Å². The third-order valence-electron chi connectivity index (χ3n) is 5.40. The molecule has 0 bridgehead atoms. The van der Waals surface area contributed by atoms with Crippen LogP contribution in [0.1, 0.15) is 26.7 Å². The minimum Gasteiger partial charge on any atom is -0.474 e. The summed E-state index contributed by atoms with van der Waals surface area (Å²) in [6, 6.07) is 3.08. The fraction of sp³-hybridized carbons (Fsp3) is 0.409. The highest BCUT2D eigenvalue weighted by Gasteiger charge is 2.27. The maximum absolute atomic E-state index is 14.7. The first-order valence-electron chi connectivity index (χ1n) is 10.7. The predicted molar refractivity (Wildman–Crippen MR) is 118 cm³/mol. The van der Waals surface area contributed by atoms with Gasteiger partial charge in [0, 0.05) is 55.6 Å². The Hall–Kier alpha value is -3.28. The fourth-order valence-corrected chi connectivity index (χ4v) is 4.50. The molecule has 1 amide bonds. The largest absolute Gasteiger partial charge is 0.474 e. The molecule has 3 heterocycles. The summed E-state index contributed by atoms with van der Waals surface area (Å²) in [6.07, 6.45) is 4.01. The first kappa shape index (κ1) is 23.9. The lowest BCUT2D eigenvalue weighted by Crippen LogP contribution is -2.42. The van der Waals surface area contributed by atoms with Crippen LogP contribution in [-0.2, 0) is 14.6 Å². The van der Waals surface area contributed by atoms with Crippen LogP contribution in [0.15, 0.2) is 35.5 Å². The van der Waals surface area contributed by atoms with Crippen molar-refractivity contribution in [3.63, 3.8) is 0 Å². The number of carbonyl (C=O) groups is 1. The van der Waals surface area contributed by atoms with Gasteiger partial charge in [0.25, 0.3) is 0 Å². The van der Waals surface area contributed by atoms with Crippen molar-refractivity contribution in [3.8, 4) is 17.0 Å². The van der Waals surface area contributed by atoms with Crippen molar-refractivity contribution in [1.82, 2.24) is 19.5 Å². The van der Waals surface area contributed by atoms with E-state index in [1.807, 2.05) is 0 Å². The maximum atomic E-state index is 14.7. The summed E-state index contributed by atoms with van der Waals surface area (Å²) >= 11 is 0. The van der Waals surface area contributed by atoms with Gasteiger partial charge in [0.15, 0.2) is 15.5 Å². The van der Waals surface area contributed by atoms with Crippen LogP contribution >= 0.6 is 0 Å². The van der Waals surface area contributed by atoms with Gasteiger partial charge in [-0.2, -0.15) is 9.61 Å². The van der Waals surface area contributed by atoms with Crippen molar-refractivity contribution in [2.24, 2.45) is 0 Å². The van der Waals surface area contributed by atoms with Crippen LogP contribution in [0.25, 0.3) is 16.8 Å². The second-order valence-electron chi connectivity index (χ2n) is 8.35. The molecule has 0 saturated carbocycles. The van der Waals surface area contributed by atoms with Crippen molar-refractivity contribution in [2.45, 2.75) is 43.8 Å². The molecular weight excluding hydrogens is 470 g/mol. The smallest absolute Gasteiger partial charge is 0.410 e. The van der Waals surface area contributed by atoms with Gasteiger partial charge in [-0.15, -0.1) is 0 Å². The minimum absolute atomic E-state index is 0.165. The summed E-state index contributed by atoms with van der Waals surface area (Å²) in [5.74, 6) is -1.62. The number of benzene rings is 1. The number of aromatic nitrogens is 3. The molecule has 0 radical (unpaired) electrons. The number of ether oxygens (including phenoxy) is 2. The van der Waals surface area contributed by atoms with Crippen LogP contribution in [0, 0.1) is 11.6 Å². The van der Waals surface area contributed by atoms with Crippen LogP contribution in [0.5, 0.6) is 5.88 Å². The average Bonchev–Trinajstić information content (AvgIpc) is 3.19. The van der Waals surface area contributed by atoms with E-state index < -0.39 is 26.4 Å². The number of piperidine rings is 1. The Morgan fingerprint density at radius 2 is 1.85 bits per heavy atom. The molecule has 1 aliphatic heterocycles. The molecule has 1 saturated heterocycles. The van der Waals surface area contributed by atoms with Crippen molar-refractivity contribution in [3.05, 3.63) is 42.2 Å². The number of likely N-dealkylation sites (tertiary alicyclic amines) is 1. The SMILES string of the molecule is CC(C)OC(=O)N1CCC(Oc2ccnc3c(-c4cc(F)c(S(C)(=O)=O)cc4F)cnn23)CC1. The Balaban J connectivity index is 1.56. The van der Waals surface area contributed by atoms with E-state index in [0.29, 0.717) is 37.9 Å². The molecule has 4 rings (SSSR count). The standard InChI is InChI=1S/C22H24F2N4O5S/c1-13(2)32-22(29)27-8-5-14(6-9-27)33-20-4-7-25-21-16(12-26-28(20)21)15-10-18(24)19(11-17(15)23)34(3,30)31/h4,7,10-14H,5-6,8-9H2,1-3H3. The van der Waals surface area contributed by atoms with Crippen LogP contribution in [0.2, 0.25) is 0 Å². The molecule has 182 valence electrons. The van der Waals surface area contributed by atoms with Crippen LogP contribution in [-0.4, -0.2) is 65.6 Å². The second kappa shape index (κ2) is 9.16. The average molecular weight is 495 g/mol. The number of fused-ring (bicyclic) bond motifs is 1. The normalized spacial score (nSPS) is 15.2. The van der Waals surface area contributed by atoms with E-state index in [0.717, 1.165) is 12.3 Å². The lowest BCUT2D eigenvalue weighted by molar-refractivity contribution is 0.0502. The summed E-state index contributed by atoms with van der Waals surface area (Å²) in [7, 11) is -3.93. The molecular formula is C22H24F2N4O5S. The van der Waals surface area contributed by atoms with Gasteiger partial charge in [0.05, 0.1) is 12.3 Å². The summed E-state index contributed by atoms with van der Waals surface area (Å²) in [5.41, 5.74) is 0.246. The molecule has 1 aliphatic rings. The molecule has 0 N–H and O–H groups in total. The number of amides is 1. The third-order valence-corrected chi connectivity index (χ3v) is 6.51. The number of sulfone groups is 1. The molecule has 0 atom stereocenters. The van der Waals surface area contributed by atoms with E-state index in [2.05, 4.69) is 10.1 Å². The number of carbonyl (C=O) groups excluding carboxylic acids is 1. The number of rotatable bonds is 5. The topological polar surface area (TPSA) is 103 Å². The molecule has 34 heavy (non-hydrogen) atoms. The van der Waals surface area contributed by atoms with Crippen molar-refractivity contribution < 1.29 is 31.5 Å². The van der Waals surface area contributed by atoms with Gasteiger partial charge < -0.3 is 14.4 Å². The van der Waals surface area contributed by atoms with E-state index in [4.69, 9.17) is 9.47 Å². The lowest BCUT2D eigenvalue weighted by Gasteiger charge is -2.31. The Morgan fingerprint density at radius 3 is 2.50 bits per heavy atom. The summed E-state index contributed by atoms with van der Waals surface area (Å²) in [6.45, 7) is 4.54. The van der Waals surface area contributed by atoms with Crippen molar-refractivity contribution in [1.29, 1.82) is 0 Å². The van der Waals surface area contributed by atoms with Crippen molar-refractivity contribution in [2.75, 3.05) is 19.3 Å². The molecule has 0 unspecified atom stereocenters. The molecule has 9 nitrogen and oxygen atoms in total. The molecule has 0 aliphatic carbocycles. The van der Waals surface area contributed by atoms with Crippen LogP contribution in [0.3, 0.4) is 0 Å². The second-order valence-corrected chi connectivity index (χ2v) is 10.3. The van der Waals surface area contributed by atoms with Gasteiger partial charge in [0.1, 0.15) is 22.6 Å².